The van der Waals surface area contributed by atoms with Crippen LogP contribution in [0.2, 0.25) is 13.1 Å². The third kappa shape index (κ3) is 5.26. The number of unbranched alkanes of at least 4 members (excludes halogenated alkanes) is 2. The molecule has 1 N–H and O–H groups in total. The molecule has 3 heteroatoms. The monoisotopic (exact) mass is 324 g/mol. The van der Waals surface area contributed by atoms with Gasteiger partial charge in [0.05, 0.1) is 8.80 Å². The molecule has 1 aliphatic carbocycles. The first-order valence-electron chi connectivity index (χ1n) is 9.29. The van der Waals surface area contributed by atoms with Crippen molar-refractivity contribution in [3.63, 3.8) is 0 Å². The molecular weight excluding hydrogens is 288 g/mol. The van der Waals surface area contributed by atoms with Crippen molar-refractivity contribution >= 4 is 14.8 Å². The second-order valence-electron chi connectivity index (χ2n) is 7.96. The van der Waals surface area contributed by atoms with E-state index in [1.807, 2.05) is 0 Å². The third-order valence-corrected chi connectivity index (χ3v) is 7.49. The van der Waals surface area contributed by atoms with Crippen LogP contribution in [0.25, 0.3) is 0 Å². The highest BCUT2D eigenvalue weighted by molar-refractivity contribution is 6.65. The summed E-state index contributed by atoms with van der Waals surface area (Å²) in [5.74, 6) is -0.326. The molecule has 0 aromatic carbocycles. The van der Waals surface area contributed by atoms with E-state index in [2.05, 4.69) is 33.9 Å². The average molecular weight is 325 g/mol. The summed E-state index contributed by atoms with van der Waals surface area (Å²) < 4.78 is 0. The molecule has 1 saturated carbocycles. The van der Waals surface area contributed by atoms with Crippen LogP contribution in [0.15, 0.2) is 10.8 Å². The molecule has 0 radical (unpaired) electrons. The molecule has 0 amide bonds. The Morgan fingerprint density at radius 1 is 1.14 bits per heavy atom. The van der Waals surface area contributed by atoms with E-state index in [0.717, 1.165) is 24.8 Å². The Morgan fingerprint density at radius 3 is 2.18 bits per heavy atom. The summed E-state index contributed by atoms with van der Waals surface area (Å²) in [5, 5.41) is 11.3. The number of carboxylic acid groups (broad SMARTS) is 1. The fourth-order valence-electron chi connectivity index (χ4n) is 4.31. The maximum atomic E-state index is 12.1. The molecular formula is C19H36O2Si. The Labute approximate surface area is 139 Å². The highest BCUT2D eigenvalue weighted by Crippen LogP contribution is 2.41. The summed E-state index contributed by atoms with van der Waals surface area (Å²) in [4.78, 5) is 12.1. The van der Waals surface area contributed by atoms with Crippen LogP contribution >= 0.6 is 0 Å². The summed E-state index contributed by atoms with van der Waals surface area (Å²) in [6, 6.07) is 0. The van der Waals surface area contributed by atoms with E-state index in [9.17, 15) is 9.90 Å². The van der Waals surface area contributed by atoms with Gasteiger partial charge in [0.25, 0.3) is 0 Å². The Morgan fingerprint density at radius 2 is 1.73 bits per heavy atom. The lowest BCUT2D eigenvalue weighted by Gasteiger charge is -2.35. The quantitative estimate of drug-likeness (QED) is 0.359. The van der Waals surface area contributed by atoms with Crippen molar-refractivity contribution in [2.24, 2.45) is 11.3 Å². The predicted octanol–water partition coefficient (Wildman–Crippen LogP) is 5.58. The van der Waals surface area contributed by atoms with Gasteiger partial charge in [-0.2, -0.15) is 0 Å². The number of hydrogen-bond acceptors (Lipinski definition) is 1. The summed E-state index contributed by atoms with van der Waals surface area (Å²) in [5.41, 5.74) is 0.878. The van der Waals surface area contributed by atoms with E-state index in [1.165, 1.54) is 43.7 Å². The molecule has 0 unspecified atom stereocenters. The van der Waals surface area contributed by atoms with E-state index in [4.69, 9.17) is 0 Å². The summed E-state index contributed by atoms with van der Waals surface area (Å²) in [6.45, 7) is 11.4. The Hall–Kier alpha value is -0.573. The lowest BCUT2D eigenvalue weighted by Crippen LogP contribution is -2.31. The first kappa shape index (κ1) is 19.5. The number of aliphatic carboxylic acids is 1. The first-order valence-corrected chi connectivity index (χ1v) is 12.2. The highest BCUT2D eigenvalue weighted by atomic mass is 28.3. The summed E-state index contributed by atoms with van der Waals surface area (Å²) in [6.07, 6.45) is 10.7. The van der Waals surface area contributed by atoms with Crippen LogP contribution in [0.5, 0.6) is 0 Å². The summed E-state index contributed by atoms with van der Waals surface area (Å²) >= 11 is 0. The second-order valence-corrected chi connectivity index (χ2v) is 10.8. The van der Waals surface area contributed by atoms with Crippen LogP contribution in [0.4, 0.5) is 0 Å². The minimum absolute atomic E-state index is 0.0563. The van der Waals surface area contributed by atoms with Gasteiger partial charge in [0.1, 0.15) is 0 Å². The van der Waals surface area contributed by atoms with Gasteiger partial charge in [-0.25, -0.2) is 4.79 Å². The normalized spacial score (nSPS) is 18.5. The molecule has 0 heterocycles. The van der Waals surface area contributed by atoms with Crippen molar-refractivity contribution in [2.75, 3.05) is 0 Å². The molecule has 0 spiro atoms. The van der Waals surface area contributed by atoms with E-state index >= 15 is 0 Å². The molecule has 1 aliphatic rings. The maximum absolute atomic E-state index is 12.1. The fourth-order valence-corrected chi connectivity index (χ4v) is 7.00. The summed E-state index contributed by atoms with van der Waals surface area (Å²) in [7, 11) is -1.15. The first-order chi connectivity index (χ1) is 10.3. The molecule has 0 aromatic rings. The van der Waals surface area contributed by atoms with Crippen LogP contribution in [0.3, 0.4) is 0 Å². The van der Waals surface area contributed by atoms with Crippen molar-refractivity contribution in [1.29, 1.82) is 0 Å². The van der Waals surface area contributed by atoms with Gasteiger partial charge in [0, 0.05) is 5.57 Å². The zero-order chi connectivity index (χ0) is 16.8. The van der Waals surface area contributed by atoms with Gasteiger partial charge in [-0.05, 0) is 30.6 Å². The van der Waals surface area contributed by atoms with E-state index in [-0.39, 0.29) is 5.41 Å². The lowest BCUT2D eigenvalue weighted by molar-refractivity contribution is -0.133. The molecule has 2 nitrogen and oxygen atoms in total. The van der Waals surface area contributed by atoms with Gasteiger partial charge in [-0.15, -0.1) is 0 Å². The standard InChI is InChI=1S/C19H36O2Si/c1-6-7-11-14-19(2,3)17(22(4)5)16(18(20)21)15-12-9-8-10-13-15/h15,22H,6-14H2,1-5H3,(H,20,21)/b17-16-. The van der Waals surface area contributed by atoms with Gasteiger partial charge in [0.2, 0.25) is 0 Å². The third-order valence-electron chi connectivity index (χ3n) is 5.25. The van der Waals surface area contributed by atoms with Gasteiger partial charge in [-0.3, -0.25) is 0 Å². The molecule has 1 rings (SSSR count). The van der Waals surface area contributed by atoms with E-state index < -0.39 is 14.8 Å². The smallest absolute Gasteiger partial charge is 0.331 e. The van der Waals surface area contributed by atoms with Crippen molar-refractivity contribution < 1.29 is 9.90 Å². The minimum atomic E-state index is -1.15. The Balaban J connectivity index is 3.16. The number of rotatable bonds is 8. The largest absolute Gasteiger partial charge is 0.478 e. The van der Waals surface area contributed by atoms with E-state index in [0.29, 0.717) is 5.92 Å². The van der Waals surface area contributed by atoms with Crippen LogP contribution < -0.4 is 0 Å². The maximum Gasteiger partial charge on any atom is 0.331 e. The number of allylic oxidation sites excluding steroid dienone is 1. The molecule has 0 atom stereocenters. The Bertz CT molecular complexity index is 390. The predicted molar refractivity (Wildman–Crippen MR) is 98.0 cm³/mol. The zero-order valence-electron chi connectivity index (χ0n) is 15.4. The van der Waals surface area contributed by atoms with Gasteiger partial charge < -0.3 is 5.11 Å². The molecule has 0 aromatic heterocycles. The fraction of sp³-hybridized carbons (Fsp3) is 0.842. The molecule has 128 valence electrons. The number of carbonyl (C=O) groups is 1. The Kier molecular flexibility index (Phi) is 7.88. The van der Waals surface area contributed by atoms with Crippen molar-refractivity contribution in [2.45, 2.75) is 91.7 Å². The second kappa shape index (κ2) is 8.90. The van der Waals surface area contributed by atoms with Crippen molar-refractivity contribution in [3.8, 4) is 0 Å². The van der Waals surface area contributed by atoms with E-state index in [1.54, 1.807) is 0 Å². The molecule has 0 saturated heterocycles. The SMILES string of the molecule is CCCCCC(C)(C)/C(=C(/C(=O)O)C1CCCCC1)[SiH](C)C. The van der Waals surface area contributed by atoms with Crippen molar-refractivity contribution in [1.82, 2.24) is 0 Å². The van der Waals surface area contributed by atoms with Crippen LogP contribution in [0.1, 0.15) is 78.6 Å². The zero-order valence-corrected chi connectivity index (χ0v) is 16.5. The van der Waals surface area contributed by atoms with Crippen molar-refractivity contribution in [3.05, 3.63) is 10.8 Å². The average Bonchev–Trinajstić information content (AvgIpc) is 2.44. The topological polar surface area (TPSA) is 37.3 Å². The van der Waals surface area contributed by atoms with Gasteiger partial charge in [-0.1, -0.05) is 77.6 Å². The number of carboxylic acids is 1. The van der Waals surface area contributed by atoms with Crippen LogP contribution in [-0.4, -0.2) is 19.9 Å². The van der Waals surface area contributed by atoms with Gasteiger partial charge in [0.15, 0.2) is 0 Å². The number of hydrogen-bond donors (Lipinski definition) is 1. The molecule has 0 aliphatic heterocycles. The van der Waals surface area contributed by atoms with Crippen LogP contribution in [-0.2, 0) is 4.79 Å². The van der Waals surface area contributed by atoms with Gasteiger partial charge >= 0.3 is 5.97 Å². The molecule has 1 fully saturated rings. The lowest BCUT2D eigenvalue weighted by atomic mass is 9.78. The highest BCUT2D eigenvalue weighted by Gasteiger charge is 2.34. The van der Waals surface area contributed by atoms with Crippen LogP contribution in [0, 0.1) is 11.3 Å². The molecule has 0 bridgehead atoms. The minimum Gasteiger partial charge on any atom is -0.478 e. The molecule has 22 heavy (non-hydrogen) atoms.